The Bertz CT molecular complexity index is 602. The van der Waals surface area contributed by atoms with Gasteiger partial charge in [-0.25, -0.2) is 0 Å². The molecule has 0 amide bonds. The van der Waals surface area contributed by atoms with Gasteiger partial charge >= 0.3 is 0 Å². The van der Waals surface area contributed by atoms with E-state index in [4.69, 9.17) is 16.6 Å². The SMILES string of the molecule is Clc1cccc(N=C2CCCc3ccccc32)c1. The topological polar surface area (TPSA) is 12.4 Å². The number of halogens is 1. The highest BCUT2D eigenvalue weighted by molar-refractivity contribution is 6.30. The molecular formula is C16H14ClN. The summed E-state index contributed by atoms with van der Waals surface area (Å²) in [4.78, 5) is 4.75. The molecule has 0 saturated carbocycles. The highest BCUT2D eigenvalue weighted by atomic mass is 35.5. The van der Waals surface area contributed by atoms with Gasteiger partial charge in [0.25, 0.3) is 0 Å². The molecule has 2 aromatic rings. The highest BCUT2D eigenvalue weighted by Crippen LogP contribution is 2.25. The first-order valence-corrected chi connectivity index (χ1v) is 6.62. The molecule has 3 rings (SSSR count). The first kappa shape index (κ1) is 11.5. The smallest absolute Gasteiger partial charge is 0.0648 e. The van der Waals surface area contributed by atoms with Crippen LogP contribution in [0.5, 0.6) is 0 Å². The zero-order valence-electron chi connectivity index (χ0n) is 10.1. The van der Waals surface area contributed by atoms with Crippen LogP contribution in [-0.4, -0.2) is 5.71 Å². The molecule has 0 heterocycles. The fourth-order valence-corrected chi connectivity index (χ4v) is 2.60. The Morgan fingerprint density at radius 3 is 2.72 bits per heavy atom. The second kappa shape index (κ2) is 4.95. The molecule has 0 aliphatic heterocycles. The van der Waals surface area contributed by atoms with Crippen molar-refractivity contribution < 1.29 is 0 Å². The molecule has 0 bridgehead atoms. The van der Waals surface area contributed by atoms with Crippen LogP contribution in [0.1, 0.15) is 24.0 Å². The van der Waals surface area contributed by atoms with E-state index in [-0.39, 0.29) is 0 Å². The third-order valence-corrected chi connectivity index (χ3v) is 3.50. The van der Waals surface area contributed by atoms with Gasteiger partial charge in [-0.15, -0.1) is 0 Å². The van der Waals surface area contributed by atoms with Crippen molar-refractivity contribution in [3.05, 3.63) is 64.7 Å². The van der Waals surface area contributed by atoms with Crippen LogP contribution in [0.2, 0.25) is 5.02 Å². The minimum absolute atomic E-state index is 0.737. The number of aryl methyl sites for hydroxylation is 1. The van der Waals surface area contributed by atoms with Crippen molar-refractivity contribution in [3.8, 4) is 0 Å². The Morgan fingerprint density at radius 2 is 1.83 bits per heavy atom. The Kier molecular flexibility index (Phi) is 3.16. The summed E-state index contributed by atoms with van der Waals surface area (Å²) in [5.74, 6) is 0. The van der Waals surface area contributed by atoms with E-state index in [0.29, 0.717) is 0 Å². The van der Waals surface area contributed by atoms with Crippen LogP contribution in [0.15, 0.2) is 53.5 Å². The summed E-state index contributed by atoms with van der Waals surface area (Å²) in [7, 11) is 0. The maximum Gasteiger partial charge on any atom is 0.0648 e. The lowest BCUT2D eigenvalue weighted by molar-refractivity contribution is 0.839. The highest BCUT2D eigenvalue weighted by Gasteiger charge is 2.14. The van der Waals surface area contributed by atoms with Gasteiger partial charge in [0.05, 0.1) is 5.69 Å². The van der Waals surface area contributed by atoms with Gasteiger partial charge in [-0.3, -0.25) is 4.99 Å². The van der Waals surface area contributed by atoms with Crippen LogP contribution in [0.25, 0.3) is 0 Å². The number of hydrogen-bond acceptors (Lipinski definition) is 1. The molecule has 2 heteroatoms. The summed E-state index contributed by atoms with van der Waals surface area (Å²) in [5.41, 5.74) is 4.82. The van der Waals surface area contributed by atoms with Crippen LogP contribution in [-0.2, 0) is 6.42 Å². The zero-order valence-corrected chi connectivity index (χ0v) is 10.8. The molecule has 0 aromatic heterocycles. The molecule has 1 nitrogen and oxygen atoms in total. The maximum absolute atomic E-state index is 5.99. The number of benzene rings is 2. The Balaban J connectivity index is 2.03. The van der Waals surface area contributed by atoms with E-state index >= 15 is 0 Å². The molecule has 1 aliphatic carbocycles. The third kappa shape index (κ3) is 2.32. The van der Waals surface area contributed by atoms with E-state index < -0.39 is 0 Å². The molecule has 0 unspecified atom stereocenters. The first-order valence-electron chi connectivity index (χ1n) is 6.24. The molecule has 0 radical (unpaired) electrons. The second-order valence-electron chi connectivity index (χ2n) is 4.55. The van der Waals surface area contributed by atoms with Gasteiger partial charge in [0, 0.05) is 10.7 Å². The van der Waals surface area contributed by atoms with Crippen LogP contribution in [0.4, 0.5) is 5.69 Å². The van der Waals surface area contributed by atoms with Crippen molar-refractivity contribution in [2.75, 3.05) is 0 Å². The third-order valence-electron chi connectivity index (χ3n) is 3.26. The largest absolute Gasteiger partial charge is 0.253 e. The van der Waals surface area contributed by atoms with E-state index in [0.717, 1.165) is 23.6 Å². The van der Waals surface area contributed by atoms with Crippen LogP contribution in [0, 0.1) is 0 Å². The summed E-state index contributed by atoms with van der Waals surface area (Å²) in [6.45, 7) is 0. The minimum Gasteiger partial charge on any atom is -0.253 e. The molecule has 2 aromatic carbocycles. The average Bonchev–Trinajstić information content (AvgIpc) is 2.39. The van der Waals surface area contributed by atoms with Gasteiger partial charge < -0.3 is 0 Å². The van der Waals surface area contributed by atoms with Crippen molar-refractivity contribution >= 4 is 23.0 Å². The molecule has 1 aliphatic rings. The molecular weight excluding hydrogens is 242 g/mol. The molecule has 90 valence electrons. The van der Waals surface area contributed by atoms with Crippen molar-refractivity contribution in [1.29, 1.82) is 0 Å². The molecule has 0 saturated heterocycles. The van der Waals surface area contributed by atoms with Crippen LogP contribution in [0.3, 0.4) is 0 Å². The molecule has 0 atom stereocenters. The fraction of sp³-hybridized carbons (Fsp3) is 0.188. The van der Waals surface area contributed by atoms with Crippen molar-refractivity contribution in [3.63, 3.8) is 0 Å². The van der Waals surface area contributed by atoms with E-state index in [1.807, 2.05) is 24.3 Å². The van der Waals surface area contributed by atoms with Crippen LogP contribution >= 0.6 is 11.6 Å². The number of nitrogens with zero attached hydrogens (tertiary/aromatic N) is 1. The predicted molar refractivity (Wildman–Crippen MR) is 77.0 cm³/mol. The predicted octanol–water partition coefficient (Wildman–Crippen LogP) is 4.80. The summed E-state index contributed by atoms with van der Waals surface area (Å²) in [6, 6.07) is 16.3. The minimum atomic E-state index is 0.737. The zero-order chi connectivity index (χ0) is 12.4. The van der Waals surface area contributed by atoms with Gasteiger partial charge in [0.15, 0.2) is 0 Å². The quantitative estimate of drug-likeness (QED) is 0.694. The standard InChI is InChI=1S/C16H14ClN/c17-13-7-4-8-14(11-13)18-16-10-3-6-12-5-1-2-9-15(12)16/h1-2,4-5,7-9,11H,3,6,10H2. The average molecular weight is 256 g/mol. The molecule has 18 heavy (non-hydrogen) atoms. The van der Waals surface area contributed by atoms with Crippen LogP contribution < -0.4 is 0 Å². The van der Waals surface area contributed by atoms with Gasteiger partial charge in [0.1, 0.15) is 0 Å². The van der Waals surface area contributed by atoms with E-state index in [2.05, 4.69) is 24.3 Å². The van der Waals surface area contributed by atoms with Crippen molar-refractivity contribution in [2.45, 2.75) is 19.3 Å². The summed E-state index contributed by atoms with van der Waals surface area (Å²) >= 11 is 5.99. The second-order valence-corrected chi connectivity index (χ2v) is 4.99. The van der Waals surface area contributed by atoms with Gasteiger partial charge in [0.2, 0.25) is 0 Å². The number of aliphatic imine (C=N–C) groups is 1. The summed E-state index contributed by atoms with van der Waals surface area (Å²) in [5, 5.41) is 0.737. The summed E-state index contributed by atoms with van der Waals surface area (Å²) < 4.78 is 0. The van der Waals surface area contributed by atoms with E-state index in [1.54, 1.807) is 0 Å². The molecule has 0 fully saturated rings. The Hall–Kier alpha value is -1.60. The normalized spacial score (nSPS) is 16.6. The first-order chi connectivity index (χ1) is 8.83. The Labute approximate surface area is 112 Å². The maximum atomic E-state index is 5.99. The fourth-order valence-electron chi connectivity index (χ4n) is 2.42. The lowest BCUT2D eigenvalue weighted by Gasteiger charge is -2.17. The van der Waals surface area contributed by atoms with Gasteiger partial charge in [-0.05, 0) is 48.6 Å². The lowest BCUT2D eigenvalue weighted by atomic mass is 9.90. The number of fused-ring (bicyclic) bond motifs is 1. The summed E-state index contributed by atoms with van der Waals surface area (Å²) in [6.07, 6.45) is 3.38. The van der Waals surface area contributed by atoms with Crippen molar-refractivity contribution in [2.24, 2.45) is 4.99 Å². The lowest BCUT2D eigenvalue weighted by Crippen LogP contribution is -2.11. The number of rotatable bonds is 1. The van der Waals surface area contributed by atoms with Crippen molar-refractivity contribution in [1.82, 2.24) is 0 Å². The molecule has 0 spiro atoms. The Morgan fingerprint density at radius 1 is 0.944 bits per heavy atom. The monoisotopic (exact) mass is 255 g/mol. The van der Waals surface area contributed by atoms with Gasteiger partial charge in [-0.1, -0.05) is 41.9 Å². The van der Waals surface area contributed by atoms with E-state index in [1.165, 1.54) is 23.3 Å². The molecule has 0 N–H and O–H groups in total. The van der Waals surface area contributed by atoms with E-state index in [9.17, 15) is 0 Å². The number of hydrogen-bond donors (Lipinski definition) is 0. The van der Waals surface area contributed by atoms with Gasteiger partial charge in [-0.2, -0.15) is 0 Å².